The zero-order valence-corrected chi connectivity index (χ0v) is 13.5. The Kier molecular flexibility index (Phi) is 4.00. The van der Waals surface area contributed by atoms with Crippen molar-refractivity contribution in [1.82, 2.24) is 20.2 Å². The predicted molar refractivity (Wildman–Crippen MR) is 94.9 cm³/mol. The number of nitrogens with zero attached hydrogens (tertiary/aromatic N) is 3. The minimum atomic E-state index is -0.179. The molecule has 0 saturated heterocycles. The summed E-state index contributed by atoms with van der Waals surface area (Å²) >= 11 is 0. The van der Waals surface area contributed by atoms with Crippen LogP contribution in [0, 0.1) is 0 Å². The number of carbonyl (C=O) groups excluding carboxylic acids is 1. The Labute approximate surface area is 145 Å². The van der Waals surface area contributed by atoms with Crippen LogP contribution >= 0.6 is 0 Å². The number of anilines is 1. The van der Waals surface area contributed by atoms with Gasteiger partial charge in [-0.05, 0) is 35.9 Å². The second-order valence-corrected chi connectivity index (χ2v) is 5.79. The molecule has 1 unspecified atom stereocenters. The number of allylic oxidation sites excluding steroid dienone is 3. The van der Waals surface area contributed by atoms with Crippen molar-refractivity contribution in [2.75, 3.05) is 5.32 Å². The van der Waals surface area contributed by atoms with Crippen LogP contribution in [0.1, 0.15) is 5.56 Å². The van der Waals surface area contributed by atoms with Crippen LogP contribution < -0.4 is 10.6 Å². The van der Waals surface area contributed by atoms with Crippen LogP contribution in [0.4, 0.5) is 5.69 Å². The van der Waals surface area contributed by atoms with Gasteiger partial charge in [-0.15, -0.1) is 0 Å². The molecule has 4 heterocycles. The number of amides is 1. The van der Waals surface area contributed by atoms with Crippen molar-refractivity contribution >= 4 is 11.6 Å². The molecule has 0 aliphatic carbocycles. The summed E-state index contributed by atoms with van der Waals surface area (Å²) in [5, 5.41) is 6.23. The van der Waals surface area contributed by atoms with Gasteiger partial charge in [-0.1, -0.05) is 12.1 Å². The molecule has 6 heteroatoms. The summed E-state index contributed by atoms with van der Waals surface area (Å²) in [5.74, 6) is -0.179. The van der Waals surface area contributed by atoms with Gasteiger partial charge in [-0.2, -0.15) is 0 Å². The first-order chi connectivity index (χ1) is 12.3. The fourth-order valence-corrected chi connectivity index (χ4v) is 2.95. The first-order valence-electron chi connectivity index (χ1n) is 8.05. The van der Waals surface area contributed by atoms with E-state index in [0.29, 0.717) is 11.4 Å². The molecule has 25 heavy (non-hydrogen) atoms. The molecule has 1 amide bonds. The van der Waals surface area contributed by atoms with E-state index in [4.69, 9.17) is 0 Å². The molecule has 2 aliphatic heterocycles. The van der Waals surface area contributed by atoms with Gasteiger partial charge in [0.2, 0.25) is 0 Å². The van der Waals surface area contributed by atoms with Gasteiger partial charge in [0.05, 0.1) is 17.6 Å². The number of aromatic nitrogens is 2. The number of fused-ring (bicyclic) bond motifs is 1. The molecule has 6 nitrogen and oxygen atoms in total. The summed E-state index contributed by atoms with van der Waals surface area (Å²) < 4.78 is 0. The lowest BCUT2D eigenvalue weighted by Crippen LogP contribution is -2.37. The maximum Gasteiger partial charge on any atom is 0.274 e. The van der Waals surface area contributed by atoms with E-state index >= 15 is 0 Å². The third kappa shape index (κ3) is 3.14. The van der Waals surface area contributed by atoms with Crippen molar-refractivity contribution in [3.63, 3.8) is 0 Å². The minimum Gasteiger partial charge on any atom is -0.358 e. The van der Waals surface area contributed by atoms with Gasteiger partial charge in [0, 0.05) is 31.2 Å². The van der Waals surface area contributed by atoms with Gasteiger partial charge in [0.1, 0.15) is 11.9 Å². The van der Waals surface area contributed by atoms with Crippen LogP contribution in [-0.4, -0.2) is 26.9 Å². The fourth-order valence-electron chi connectivity index (χ4n) is 2.95. The summed E-state index contributed by atoms with van der Waals surface area (Å²) in [6.07, 6.45) is 15.4. The van der Waals surface area contributed by atoms with E-state index in [1.165, 1.54) is 0 Å². The Hall–Kier alpha value is -3.41. The Morgan fingerprint density at radius 3 is 2.76 bits per heavy atom. The third-order valence-corrected chi connectivity index (χ3v) is 4.09. The molecule has 0 aromatic carbocycles. The number of hydrogen-bond acceptors (Lipinski definition) is 5. The Morgan fingerprint density at radius 2 is 2.00 bits per heavy atom. The maximum absolute atomic E-state index is 12.7. The number of hydrogen-bond donors (Lipinski definition) is 2. The minimum absolute atomic E-state index is 0.0324. The Balaban J connectivity index is 1.56. The first-order valence-corrected chi connectivity index (χ1v) is 8.05. The molecule has 2 aromatic heterocycles. The fraction of sp³-hybridized carbons (Fsp3) is 0.105. The maximum atomic E-state index is 12.7. The van der Waals surface area contributed by atoms with Crippen molar-refractivity contribution in [1.29, 1.82) is 0 Å². The van der Waals surface area contributed by atoms with Gasteiger partial charge in [-0.3, -0.25) is 14.8 Å². The highest BCUT2D eigenvalue weighted by Gasteiger charge is 2.33. The van der Waals surface area contributed by atoms with Crippen molar-refractivity contribution in [3.05, 3.63) is 90.4 Å². The second-order valence-electron chi connectivity index (χ2n) is 5.79. The largest absolute Gasteiger partial charge is 0.358 e. The lowest BCUT2D eigenvalue weighted by atomic mass is 10.1. The summed E-state index contributed by atoms with van der Waals surface area (Å²) in [5.41, 5.74) is 3.19. The summed E-state index contributed by atoms with van der Waals surface area (Å²) in [7, 11) is 0. The molecule has 1 atom stereocenters. The Bertz CT molecular complexity index is 858. The molecule has 2 aliphatic rings. The van der Waals surface area contributed by atoms with Crippen LogP contribution in [0.2, 0.25) is 0 Å². The van der Waals surface area contributed by atoms with Crippen LogP contribution in [-0.2, 0) is 11.2 Å². The van der Waals surface area contributed by atoms with Gasteiger partial charge < -0.3 is 15.5 Å². The molecule has 0 bridgehead atoms. The zero-order chi connectivity index (χ0) is 17.1. The molecule has 0 fully saturated rings. The second kappa shape index (κ2) is 6.60. The first kappa shape index (κ1) is 15.1. The van der Waals surface area contributed by atoms with Gasteiger partial charge in [-0.25, -0.2) is 0 Å². The van der Waals surface area contributed by atoms with Crippen molar-refractivity contribution in [2.45, 2.75) is 12.6 Å². The number of pyridine rings is 2. The monoisotopic (exact) mass is 331 g/mol. The van der Waals surface area contributed by atoms with Crippen molar-refractivity contribution in [3.8, 4) is 0 Å². The van der Waals surface area contributed by atoms with Gasteiger partial charge in [0.25, 0.3) is 5.91 Å². The average Bonchev–Trinajstić information content (AvgIpc) is 3.02. The SMILES string of the molecule is O=C(Nc1cccnc1)C1=C2C=CC=CN2C(Cc2cccnc2)N1. The van der Waals surface area contributed by atoms with Crippen LogP contribution in [0.15, 0.2) is 84.9 Å². The molecule has 4 rings (SSSR count). The summed E-state index contributed by atoms with van der Waals surface area (Å²) in [6.45, 7) is 0. The number of rotatable bonds is 4. The summed E-state index contributed by atoms with van der Waals surface area (Å²) in [4.78, 5) is 23.0. The van der Waals surface area contributed by atoms with Crippen LogP contribution in [0.5, 0.6) is 0 Å². The van der Waals surface area contributed by atoms with E-state index in [2.05, 4.69) is 25.5 Å². The van der Waals surface area contributed by atoms with Crippen LogP contribution in [0.3, 0.4) is 0 Å². The molecule has 2 aromatic rings. The smallest absolute Gasteiger partial charge is 0.274 e. The lowest BCUT2D eigenvalue weighted by molar-refractivity contribution is -0.113. The normalized spacial score (nSPS) is 18.1. The number of nitrogens with one attached hydrogen (secondary N) is 2. The van der Waals surface area contributed by atoms with E-state index in [0.717, 1.165) is 17.7 Å². The van der Waals surface area contributed by atoms with E-state index in [-0.39, 0.29) is 12.1 Å². The van der Waals surface area contributed by atoms with Crippen molar-refractivity contribution < 1.29 is 4.79 Å². The molecular formula is C19H17N5O. The highest BCUT2D eigenvalue weighted by molar-refractivity contribution is 6.04. The Morgan fingerprint density at radius 1 is 1.16 bits per heavy atom. The standard InChI is InChI=1S/C19H17N5O/c25-19(22-15-6-4-9-21-13-15)18-16-7-1-2-10-24(16)17(23-18)11-14-5-3-8-20-12-14/h1-10,12-13,17,23H,11H2,(H,22,25). The van der Waals surface area contributed by atoms with Crippen molar-refractivity contribution in [2.24, 2.45) is 0 Å². The van der Waals surface area contributed by atoms with E-state index in [1.54, 1.807) is 24.7 Å². The van der Waals surface area contributed by atoms with Gasteiger partial charge in [0.15, 0.2) is 0 Å². The van der Waals surface area contributed by atoms with E-state index in [1.807, 2.05) is 48.8 Å². The molecule has 124 valence electrons. The molecule has 0 saturated carbocycles. The third-order valence-electron chi connectivity index (χ3n) is 4.09. The summed E-state index contributed by atoms with van der Waals surface area (Å²) in [6, 6.07) is 7.55. The molecule has 0 spiro atoms. The van der Waals surface area contributed by atoms with E-state index < -0.39 is 0 Å². The topological polar surface area (TPSA) is 70.2 Å². The highest BCUT2D eigenvalue weighted by Crippen LogP contribution is 2.27. The average molecular weight is 331 g/mol. The predicted octanol–water partition coefficient (Wildman–Crippen LogP) is 2.18. The lowest BCUT2D eigenvalue weighted by Gasteiger charge is -2.25. The highest BCUT2D eigenvalue weighted by atomic mass is 16.2. The molecule has 2 N–H and O–H groups in total. The van der Waals surface area contributed by atoms with E-state index in [9.17, 15) is 4.79 Å². The quantitative estimate of drug-likeness (QED) is 0.899. The van der Waals surface area contributed by atoms with Crippen LogP contribution in [0.25, 0.3) is 0 Å². The van der Waals surface area contributed by atoms with Gasteiger partial charge >= 0.3 is 0 Å². The number of carbonyl (C=O) groups is 1. The zero-order valence-electron chi connectivity index (χ0n) is 13.5. The molecule has 0 radical (unpaired) electrons. The molecular weight excluding hydrogens is 314 g/mol.